The van der Waals surface area contributed by atoms with Gasteiger partial charge < -0.3 is 15.4 Å². The number of amides is 1. The van der Waals surface area contributed by atoms with E-state index in [-0.39, 0.29) is 17.4 Å². The van der Waals surface area contributed by atoms with Crippen LogP contribution in [0.5, 0.6) is 5.75 Å². The average Bonchev–Trinajstić information content (AvgIpc) is 2.52. The van der Waals surface area contributed by atoms with Crippen molar-refractivity contribution in [2.45, 2.75) is 32.2 Å². The van der Waals surface area contributed by atoms with Crippen LogP contribution in [0.2, 0.25) is 0 Å². The molecule has 0 aliphatic heterocycles. The van der Waals surface area contributed by atoms with Gasteiger partial charge in [-0.2, -0.15) is 0 Å². The van der Waals surface area contributed by atoms with Crippen molar-refractivity contribution in [2.75, 3.05) is 0 Å². The zero-order valence-corrected chi connectivity index (χ0v) is 12.4. The van der Waals surface area contributed by atoms with Gasteiger partial charge in [0.15, 0.2) is 0 Å². The highest BCUT2D eigenvalue weighted by Crippen LogP contribution is 2.20. The number of unbranched alkanes of at least 4 members (excludes halogenated alkanes) is 1. The molecule has 0 bridgehead atoms. The lowest BCUT2D eigenvalue weighted by atomic mass is 10.0. The predicted molar refractivity (Wildman–Crippen MR) is 82.7 cm³/mol. The largest absolute Gasteiger partial charge is 0.507 e. The first-order valence-electron chi connectivity index (χ1n) is 7.24. The molecule has 2 rings (SSSR count). The first-order chi connectivity index (χ1) is 10.6. The number of carbonyl (C=O) groups is 1. The Morgan fingerprint density at radius 1 is 1.50 bits per heavy atom. The smallest absolute Gasteiger partial charge is 0.257 e. The molecule has 0 aromatic carbocycles. The summed E-state index contributed by atoms with van der Waals surface area (Å²) in [6.07, 6.45) is 7.35. The van der Waals surface area contributed by atoms with E-state index < -0.39 is 11.5 Å². The standard InChI is InChI=1S/C16H19N3O3/c1-2-3-6-13(11-5-4-7-17-9-11)19-16(22)12-10-18-15(21)8-14(12)20/h4-5,7-10,13H,2-3,6H2,1H3,(H,19,22)(H2,18,20,21)/t13-/m1/s1. The second kappa shape index (κ2) is 7.40. The predicted octanol–water partition coefficient (Wildman–Crippen LogP) is 2.14. The van der Waals surface area contributed by atoms with Crippen molar-refractivity contribution in [3.05, 3.63) is 58.3 Å². The van der Waals surface area contributed by atoms with Crippen LogP contribution in [0.25, 0.3) is 0 Å². The summed E-state index contributed by atoms with van der Waals surface area (Å²) in [4.78, 5) is 29.9. The third-order valence-corrected chi connectivity index (χ3v) is 3.39. The van der Waals surface area contributed by atoms with Gasteiger partial charge in [-0.3, -0.25) is 14.6 Å². The third-order valence-electron chi connectivity index (χ3n) is 3.39. The van der Waals surface area contributed by atoms with Crippen molar-refractivity contribution in [2.24, 2.45) is 0 Å². The summed E-state index contributed by atoms with van der Waals surface area (Å²) < 4.78 is 0. The Labute approximate surface area is 128 Å². The van der Waals surface area contributed by atoms with E-state index in [1.807, 2.05) is 12.1 Å². The first kappa shape index (κ1) is 15.8. The Morgan fingerprint density at radius 3 is 2.95 bits per heavy atom. The van der Waals surface area contributed by atoms with E-state index in [1.165, 1.54) is 6.20 Å². The lowest BCUT2D eigenvalue weighted by Crippen LogP contribution is -2.29. The van der Waals surface area contributed by atoms with Crippen LogP contribution >= 0.6 is 0 Å². The maximum absolute atomic E-state index is 12.3. The van der Waals surface area contributed by atoms with Crippen LogP contribution in [-0.2, 0) is 0 Å². The minimum atomic E-state index is -0.455. The Balaban J connectivity index is 2.19. The second-order valence-corrected chi connectivity index (χ2v) is 5.05. The summed E-state index contributed by atoms with van der Waals surface area (Å²) in [7, 11) is 0. The number of pyridine rings is 2. The first-order valence-corrected chi connectivity index (χ1v) is 7.24. The highest BCUT2D eigenvalue weighted by Gasteiger charge is 2.18. The van der Waals surface area contributed by atoms with Gasteiger partial charge in [0, 0.05) is 24.7 Å². The lowest BCUT2D eigenvalue weighted by molar-refractivity contribution is 0.0931. The molecule has 0 aliphatic carbocycles. The Hall–Kier alpha value is -2.63. The minimum absolute atomic E-state index is 0.0463. The molecule has 0 aliphatic rings. The molecule has 0 radical (unpaired) electrons. The maximum Gasteiger partial charge on any atom is 0.257 e. The van der Waals surface area contributed by atoms with E-state index >= 15 is 0 Å². The molecule has 3 N–H and O–H groups in total. The quantitative estimate of drug-likeness (QED) is 0.761. The van der Waals surface area contributed by atoms with E-state index in [0.29, 0.717) is 0 Å². The lowest BCUT2D eigenvalue weighted by Gasteiger charge is -2.19. The van der Waals surface area contributed by atoms with Crippen molar-refractivity contribution >= 4 is 5.91 Å². The van der Waals surface area contributed by atoms with Crippen molar-refractivity contribution in [3.8, 4) is 5.75 Å². The molecule has 0 saturated heterocycles. The topological polar surface area (TPSA) is 95.1 Å². The number of rotatable bonds is 6. The molecule has 2 aromatic heterocycles. The normalized spacial score (nSPS) is 11.9. The van der Waals surface area contributed by atoms with Crippen LogP contribution < -0.4 is 10.9 Å². The van der Waals surface area contributed by atoms with Crippen LogP contribution in [0.3, 0.4) is 0 Å². The number of aromatic nitrogens is 2. The fourth-order valence-corrected chi connectivity index (χ4v) is 2.19. The molecule has 0 saturated carbocycles. The number of aromatic amines is 1. The molecule has 6 heteroatoms. The fourth-order valence-electron chi connectivity index (χ4n) is 2.19. The number of hydrogen-bond acceptors (Lipinski definition) is 4. The fraction of sp³-hybridized carbons (Fsp3) is 0.312. The summed E-state index contributed by atoms with van der Waals surface area (Å²) in [6, 6.07) is 4.52. The number of hydrogen-bond donors (Lipinski definition) is 3. The van der Waals surface area contributed by atoms with Gasteiger partial charge in [0.05, 0.1) is 11.6 Å². The van der Waals surface area contributed by atoms with Crippen LogP contribution in [-0.4, -0.2) is 21.0 Å². The van der Waals surface area contributed by atoms with Crippen LogP contribution in [0, 0.1) is 0 Å². The second-order valence-electron chi connectivity index (χ2n) is 5.05. The Morgan fingerprint density at radius 2 is 2.32 bits per heavy atom. The zero-order valence-electron chi connectivity index (χ0n) is 12.4. The van der Waals surface area contributed by atoms with Crippen LogP contribution in [0.1, 0.15) is 48.1 Å². The third kappa shape index (κ3) is 3.94. The molecule has 2 heterocycles. The van der Waals surface area contributed by atoms with Gasteiger partial charge in [-0.1, -0.05) is 25.8 Å². The summed E-state index contributed by atoms with van der Waals surface area (Å²) in [5.74, 6) is -0.764. The Kier molecular flexibility index (Phi) is 5.30. The van der Waals surface area contributed by atoms with E-state index in [4.69, 9.17) is 0 Å². The maximum atomic E-state index is 12.3. The van der Waals surface area contributed by atoms with Crippen LogP contribution in [0.15, 0.2) is 41.6 Å². The van der Waals surface area contributed by atoms with E-state index in [9.17, 15) is 14.7 Å². The molecule has 116 valence electrons. The molecular formula is C16H19N3O3. The van der Waals surface area contributed by atoms with Gasteiger partial charge in [0.1, 0.15) is 5.75 Å². The van der Waals surface area contributed by atoms with Crippen molar-refractivity contribution in [3.63, 3.8) is 0 Å². The number of carbonyl (C=O) groups excluding carboxylic acids is 1. The van der Waals surface area contributed by atoms with E-state index in [0.717, 1.165) is 30.9 Å². The molecule has 2 aromatic rings. The van der Waals surface area contributed by atoms with Gasteiger partial charge in [-0.15, -0.1) is 0 Å². The Bertz CT molecular complexity index is 683. The SMILES string of the molecule is CCCC[C@@H](NC(=O)c1c[nH]c(=O)cc1O)c1cccnc1. The number of nitrogens with zero attached hydrogens (tertiary/aromatic N) is 1. The number of aromatic hydroxyl groups is 1. The highest BCUT2D eigenvalue weighted by molar-refractivity contribution is 5.96. The molecule has 1 atom stereocenters. The van der Waals surface area contributed by atoms with Gasteiger partial charge >= 0.3 is 0 Å². The van der Waals surface area contributed by atoms with Gasteiger partial charge in [0.25, 0.3) is 11.5 Å². The molecular weight excluding hydrogens is 282 g/mol. The zero-order chi connectivity index (χ0) is 15.9. The summed E-state index contributed by atoms with van der Waals surface area (Å²) >= 11 is 0. The molecule has 0 fully saturated rings. The molecule has 1 amide bonds. The number of H-pyrrole nitrogens is 1. The monoisotopic (exact) mass is 301 g/mol. The molecule has 0 unspecified atom stereocenters. The number of nitrogens with one attached hydrogen (secondary N) is 2. The molecule has 6 nitrogen and oxygen atoms in total. The van der Waals surface area contributed by atoms with Gasteiger partial charge in [-0.25, -0.2) is 0 Å². The van der Waals surface area contributed by atoms with E-state index in [2.05, 4.69) is 22.2 Å². The molecule has 0 spiro atoms. The van der Waals surface area contributed by atoms with E-state index in [1.54, 1.807) is 12.4 Å². The van der Waals surface area contributed by atoms with Crippen molar-refractivity contribution < 1.29 is 9.90 Å². The highest BCUT2D eigenvalue weighted by atomic mass is 16.3. The summed E-state index contributed by atoms with van der Waals surface area (Å²) in [5.41, 5.74) is 0.502. The van der Waals surface area contributed by atoms with Crippen molar-refractivity contribution in [1.29, 1.82) is 0 Å². The van der Waals surface area contributed by atoms with Crippen LogP contribution in [0.4, 0.5) is 0 Å². The van der Waals surface area contributed by atoms with Gasteiger partial charge in [0.2, 0.25) is 0 Å². The molecule has 22 heavy (non-hydrogen) atoms. The summed E-state index contributed by atoms with van der Waals surface area (Å²) in [5, 5.41) is 12.6. The average molecular weight is 301 g/mol. The van der Waals surface area contributed by atoms with Gasteiger partial charge in [-0.05, 0) is 18.1 Å². The van der Waals surface area contributed by atoms with Crippen molar-refractivity contribution in [1.82, 2.24) is 15.3 Å². The summed E-state index contributed by atoms with van der Waals surface area (Å²) in [6.45, 7) is 2.08. The minimum Gasteiger partial charge on any atom is -0.507 e.